The number of amides is 3. The lowest BCUT2D eigenvalue weighted by Crippen LogP contribution is -2.53. The zero-order valence-corrected chi connectivity index (χ0v) is 17.3. The lowest BCUT2D eigenvalue weighted by molar-refractivity contribution is -0.143. The third-order valence-electron chi connectivity index (χ3n) is 4.71. The average Bonchev–Trinajstić information content (AvgIpc) is 2.67. The highest BCUT2D eigenvalue weighted by Crippen LogP contribution is 2.14. The van der Waals surface area contributed by atoms with E-state index >= 15 is 0 Å². The Morgan fingerprint density at radius 1 is 1.18 bits per heavy atom. The number of hydrogen-bond donors (Lipinski definition) is 2. The normalized spacial score (nSPS) is 15.8. The molecule has 0 saturated carbocycles. The number of methoxy groups -OCH3 is 1. The van der Waals surface area contributed by atoms with E-state index in [1.165, 1.54) is 7.11 Å². The van der Waals surface area contributed by atoms with Gasteiger partial charge in [0.05, 0.1) is 7.11 Å². The molecule has 1 saturated heterocycles. The molecule has 1 aliphatic rings. The Morgan fingerprint density at radius 2 is 1.79 bits per heavy atom. The summed E-state index contributed by atoms with van der Waals surface area (Å²) in [5.74, 6) is -0.340. The monoisotopic (exact) mass is 409 g/mol. The number of esters is 1. The molecular weight excluding hydrogens is 382 g/mol. The first-order valence-electron chi connectivity index (χ1n) is 9.49. The second kappa shape index (κ2) is 10.3. The first-order chi connectivity index (χ1) is 13.3. The maximum atomic E-state index is 12.5. The molecule has 1 atom stereocenters. The summed E-state index contributed by atoms with van der Waals surface area (Å²) >= 11 is 5.84. The molecule has 0 radical (unpaired) electrons. The lowest BCUT2D eigenvalue weighted by atomic mass is 10.0. The predicted molar refractivity (Wildman–Crippen MR) is 107 cm³/mol. The fourth-order valence-corrected chi connectivity index (χ4v) is 3.29. The highest BCUT2D eigenvalue weighted by molar-refractivity contribution is 6.30. The minimum atomic E-state index is -0.653. The van der Waals surface area contributed by atoms with Gasteiger partial charge in [-0.2, -0.15) is 0 Å². The zero-order valence-electron chi connectivity index (χ0n) is 16.5. The van der Waals surface area contributed by atoms with Crippen molar-refractivity contribution in [1.29, 1.82) is 0 Å². The summed E-state index contributed by atoms with van der Waals surface area (Å²) in [6.07, 6.45) is 1.83. The lowest BCUT2D eigenvalue weighted by Gasteiger charge is -2.33. The molecule has 1 aromatic carbocycles. The van der Waals surface area contributed by atoms with Crippen LogP contribution >= 0.6 is 11.6 Å². The Kier molecular flexibility index (Phi) is 8.11. The smallest absolute Gasteiger partial charge is 0.328 e. The van der Waals surface area contributed by atoms with Crippen LogP contribution in [0.2, 0.25) is 5.02 Å². The molecular formula is C20H28ClN3O4. The van der Waals surface area contributed by atoms with Crippen LogP contribution in [0, 0.1) is 5.92 Å². The van der Waals surface area contributed by atoms with Crippen molar-refractivity contribution < 1.29 is 19.1 Å². The van der Waals surface area contributed by atoms with Gasteiger partial charge >= 0.3 is 12.0 Å². The zero-order chi connectivity index (χ0) is 20.7. The molecule has 1 aromatic rings. The number of carbonyl (C=O) groups is 3. The molecule has 154 valence electrons. The number of rotatable bonds is 6. The average molecular weight is 410 g/mol. The van der Waals surface area contributed by atoms with Crippen molar-refractivity contribution in [3.05, 3.63) is 34.9 Å². The van der Waals surface area contributed by atoms with Crippen LogP contribution in [-0.4, -0.2) is 55.1 Å². The van der Waals surface area contributed by atoms with E-state index in [1.807, 2.05) is 13.8 Å². The summed E-state index contributed by atoms with van der Waals surface area (Å²) in [5, 5.41) is 6.34. The molecule has 0 aromatic heterocycles. The van der Waals surface area contributed by atoms with Crippen LogP contribution in [0.4, 0.5) is 4.79 Å². The van der Waals surface area contributed by atoms with Gasteiger partial charge in [-0.05, 0) is 49.4 Å². The van der Waals surface area contributed by atoms with Gasteiger partial charge in [-0.25, -0.2) is 9.59 Å². The molecule has 2 N–H and O–H groups in total. The number of nitrogens with zero attached hydrogens (tertiary/aromatic N) is 1. The van der Waals surface area contributed by atoms with Crippen molar-refractivity contribution in [2.24, 2.45) is 5.92 Å². The summed E-state index contributed by atoms with van der Waals surface area (Å²) in [6.45, 7) is 4.98. The Bertz CT molecular complexity index is 685. The number of carbonyl (C=O) groups excluding carboxylic acids is 3. The van der Waals surface area contributed by atoms with Gasteiger partial charge in [0.1, 0.15) is 6.04 Å². The highest BCUT2D eigenvalue weighted by atomic mass is 35.5. The van der Waals surface area contributed by atoms with E-state index in [2.05, 4.69) is 10.6 Å². The second-order valence-corrected chi connectivity index (χ2v) is 7.83. The van der Waals surface area contributed by atoms with Gasteiger partial charge < -0.3 is 20.3 Å². The minimum Gasteiger partial charge on any atom is -0.467 e. The number of benzene rings is 1. The van der Waals surface area contributed by atoms with E-state index < -0.39 is 12.0 Å². The Labute approximate surface area is 170 Å². The molecule has 28 heavy (non-hydrogen) atoms. The summed E-state index contributed by atoms with van der Waals surface area (Å²) in [4.78, 5) is 38.3. The van der Waals surface area contributed by atoms with Gasteiger partial charge in [0.15, 0.2) is 0 Å². The predicted octanol–water partition coefficient (Wildman–Crippen LogP) is 2.83. The van der Waals surface area contributed by atoms with Crippen LogP contribution in [0.25, 0.3) is 0 Å². The van der Waals surface area contributed by atoms with Crippen LogP contribution in [0.1, 0.15) is 43.5 Å². The molecule has 1 fully saturated rings. The third-order valence-corrected chi connectivity index (χ3v) is 4.97. The molecule has 1 heterocycles. The molecule has 1 aliphatic heterocycles. The molecule has 7 nitrogen and oxygen atoms in total. The molecule has 3 amide bonds. The van der Waals surface area contributed by atoms with Gasteiger partial charge in [-0.1, -0.05) is 25.4 Å². The van der Waals surface area contributed by atoms with Crippen molar-refractivity contribution in [1.82, 2.24) is 15.5 Å². The number of likely N-dealkylation sites (tertiary alicyclic amines) is 1. The first kappa shape index (κ1) is 22.0. The molecule has 2 rings (SSSR count). The number of urea groups is 1. The van der Waals surface area contributed by atoms with Crippen LogP contribution in [-0.2, 0) is 9.53 Å². The van der Waals surface area contributed by atoms with Crippen molar-refractivity contribution in [2.45, 2.75) is 45.2 Å². The number of hydrogen-bond acceptors (Lipinski definition) is 4. The van der Waals surface area contributed by atoms with Gasteiger partial charge in [0.25, 0.3) is 5.91 Å². The van der Waals surface area contributed by atoms with Gasteiger partial charge in [0.2, 0.25) is 0 Å². The maximum Gasteiger partial charge on any atom is 0.328 e. The highest BCUT2D eigenvalue weighted by Gasteiger charge is 2.28. The molecule has 0 spiro atoms. The number of nitrogens with one attached hydrogen (secondary N) is 2. The molecule has 0 unspecified atom stereocenters. The van der Waals surface area contributed by atoms with E-state index in [-0.39, 0.29) is 23.9 Å². The van der Waals surface area contributed by atoms with Crippen molar-refractivity contribution in [2.75, 3.05) is 20.2 Å². The van der Waals surface area contributed by atoms with Crippen LogP contribution in [0.5, 0.6) is 0 Å². The van der Waals surface area contributed by atoms with E-state index in [0.29, 0.717) is 42.9 Å². The third kappa shape index (κ3) is 6.41. The van der Waals surface area contributed by atoms with Crippen molar-refractivity contribution in [3.8, 4) is 0 Å². The Morgan fingerprint density at radius 3 is 2.32 bits per heavy atom. The van der Waals surface area contributed by atoms with E-state index in [0.717, 1.165) is 0 Å². The largest absolute Gasteiger partial charge is 0.467 e. The minimum absolute atomic E-state index is 0.000652. The topological polar surface area (TPSA) is 87.7 Å². The Hall–Kier alpha value is -2.28. The summed E-state index contributed by atoms with van der Waals surface area (Å²) in [7, 11) is 1.32. The van der Waals surface area contributed by atoms with Gasteiger partial charge in [0, 0.05) is 29.7 Å². The fourth-order valence-electron chi connectivity index (χ4n) is 3.16. The SMILES string of the molecule is COC(=O)[C@H](CC(C)C)NC(=O)N1CCC(NC(=O)c2ccc(Cl)cc2)CC1. The number of halogens is 1. The van der Waals surface area contributed by atoms with Gasteiger partial charge in [-0.15, -0.1) is 0 Å². The fraction of sp³-hybridized carbons (Fsp3) is 0.550. The summed E-state index contributed by atoms with van der Waals surface area (Å²) in [6, 6.07) is 5.79. The quantitative estimate of drug-likeness (QED) is 0.707. The molecule has 0 aliphatic carbocycles. The first-order valence-corrected chi connectivity index (χ1v) is 9.87. The molecule has 0 bridgehead atoms. The van der Waals surface area contributed by atoms with Crippen LogP contribution in [0.15, 0.2) is 24.3 Å². The van der Waals surface area contributed by atoms with E-state index in [4.69, 9.17) is 16.3 Å². The number of ether oxygens (including phenoxy) is 1. The summed E-state index contributed by atoms with van der Waals surface area (Å²) < 4.78 is 4.78. The van der Waals surface area contributed by atoms with Crippen molar-refractivity contribution in [3.63, 3.8) is 0 Å². The Balaban J connectivity index is 1.83. The second-order valence-electron chi connectivity index (χ2n) is 7.40. The van der Waals surface area contributed by atoms with E-state index in [1.54, 1.807) is 29.2 Å². The van der Waals surface area contributed by atoms with E-state index in [9.17, 15) is 14.4 Å². The van der Waals surface area contributed by atoms with Crippen LogP contribution in [0.3, 0.4) is 0 Å². The summed E-state index contributed by atoms with van der Waals surface area (Å²) in [5.41, 5.74) is 0.555. The maximum absolute atomic E-state index is 12.5. The number of piperidine rings is 1. The molecule has 8 heteroatoms. The van der Waals surface area contributed by atoms with Crippen LogP contribution < -0.4 is 10.6 Å². The van der Waals surface area contributed by atoms with Crippen molar-refractivity contribution >= 4 is 29.5 Å². The standard InChI is InChI=1S/C20H28ClN3O4/c1-13(2)12-17(19(26)28-3)23-20(27)24-10-8-16(9-11-24)22-18(25)14-4-6-15(21)7-5-14/h4-7,13,16-17H,8-12H2,1-3H3,(H,22,25)(H,23,27)/t17-/m0/s1. The van der Waals surface area contributed by atoms with Gasteiger partial charge in [-0.3, -0.25) is 4.79 Å².